The Labute approximate surface area is 82.0 Å². The molecule has 2 heteroatoms. The molecular formula is C11H23NO. The number of nitrogens with one attached hydrogen (secondary N) is 1. The van der Waals surface area contributed by atoms with Crippen LogP contribution >= 0.6 is 0 Å². The van der Waals surface area contributed by atoms with E-state index >= 15 is 0 Å². The Morgan fingerprint density at radius 1 is 1.38 bits per heavy atom. The topological polar surface area (TPSA) is 21.3 Å². The van der Waals surface area contributed by atoms with E-state index in [4.69, 9.17) is 4.74 Å². The normalized spacial score (nSPS) is 33.9. The summed E-state index contributed by atoms with van der Waals surface area (Å²) in [6.45, 7) is 7.75. The average molecular weight is 185 g/mol. The first-order chi connectivity index (χ1) is 6.27. The van der Waals surface area contributed by atoms with Crippen LogP contribution in [0.5, 0.6) is 0 Å². The molecule has 0 aromatic carbocycles. The van der Waals surface area contributed by atoms with Crippen LogP contribution in [-0.2, 0) is 4.74 Å². The second-order valence-electron chi connectivity index (χ2n) is 4.04. The standard InChI is InChI=1S/C11H23NO/c1-4-6-7-12-10-8-9(3)13-11(10)5-2/h9-12H,4-8H2,1-3H3. The van der Waals surface area contributed by atoms with Crippen molar-refractivity contribution in [1.82, 2.24) is 5.32 Å². The van der Waals surface area contributed by atoms with Gasteiger partial charge >= 0.3 is 0 Å². The molecule has 3 unspecified atom stereocenters. The molecule has 0 radical (unpaired) electrons. The van der Waals surface area contributed by atoms with Crippen LogP contribution in [0.4, 0.5) is 0 Å². The van der Waals surface area contributed by atoms with Crippen LogP contribution in [0.3, 0.4) is 0 Å². The fourth-order valence-corrected chi connectivity index (χ4v) is 2.02. The summed E-state index contributed by atoms with van der Waals surface area (Å²) in [7, 11) is 0. The highest BCUT2D eigenvalue weighted by atomic mass is 16.5. The zero-order valence-electron chi connectivity index (χ0n) is 9.18. The molecule has 1 saturated heterocycles. The Balaban J connectivity index is 2.23. The summed E-state index contributed by atoms with van der Waals surface area (Å²) in [6, 6.07) is 0.603. The monoisotopic (exact) mass is 185 g/mol. The Kier molecular flexibility index (Phi) is 4.74. The molecule has 0 bridgehead atoms. The van der Waals surface area contributed by atoms with Crippen LogP contribution < -0.4 is 5.32 Å². The molecule has 0 amide bonds. The van der Waals surface area contributed by atoms with E-state index in [9.17, 15) is 0 Å². The second kappa shape index (κ2) is 5.61. The van der Waals surface area contributed by atoms with E-state index in [1.54, 1.807) is 0 Å². The summed E-state index contributed by atoms with van der Waals surface area (Å²) < 4.78 is 5.79. The van der Waals surface area contributed by atoms with Crippen molar-refractivity contribution in [2.75, 3.05) is 6.54 Å². The van der Waals surface area contributed by atoms with E-state index in [-0.39, 0.29) is 0 Å². The van der Waals surface area contributed by atoms with Gasteiger partial charge in [-0.2, -0.15) is 0 Å². The fraction of sp³-hybridized carbons (Fsp3) is 1.00. The highest BCUT2D eigenvalue weighted by Gasteiger charge is 2.30. The lowest BCUT2D eigenvalue weighted by Gasteiger charge is -2.17. The van der Waals surface area contributed by atoms with E-state index in [1.807, 2.05) is 0 Å². The number of unbranched alkanes of at least 4 members (excludes halogenated alkanes) is 1. The molecule has 1 heterocycles. The van der Waals surface area contributed by atoms with Crippen molar-refractivity contribution in [3.05, 3.63) is 0 Å². The Hall–Kier alpha value is -0.0800. The molecule has 0 aromatic rings. The van der Waals surface area contributed by atoms with Crippen molar-refractivity contribution in [3.63, 3.8) is 0 Å². The predicted octanol–water partition coefficient (Wildman–Crippen LogP) is 2.33. The highest BCUT2D eigenvalue weighted by molar-refractivity contribution is 4.85. The summed E-state index contributed by atoms with van der Waals surface area (Å²) in [5.74, 6) is 0. The van der Waals surface area contributed by atoms with Gasteiger partial charge in [0.2, 0.25) is 0 Å². The zero-order chi connectivity index (χ0) is 9.68. The third-order valence-corrected chi connectivity index (χ3v) is 2.78. The molecule has 2 nitrogen and oxygen atoms in total. The first kappa shape index (κ1) is 11.0. The van der Waals surface area contributed by atoms with Gasteiger partial charge in [0.05, 0.1) is 12.2 Å². The van der Waals surface area contributed by atoms with Gasteiger partial charge in [-0.3, -0.25) is 0 Å². The molecule has 1 aliphatic heterocycles. The van der Waals surface area contributed by atoms with Gasteiger partial charge in [-0.15, -0.1) is 0 Å². The fourth-order valence-electron chi connectivity index (χ4n) is 2.02. The molecule has 0 aromatic heterocycles. The van der Waals surface area contributed by atoms with Crippen LogP contribution in [0.1, 0.15) is 46.5 Å². The molecule has 1 N–H and O–H groups in total. The van der Waals surface area contributed by atoms with Crippen molar-refractivity contribution in [1.29, 1.82) is 0 Å². The lowest BCUT2D eigenvalue weighted by atomic mass is 10.1. The summed E-state index contributed by atoms with van der Waals surface area (Å²) in [6.07, 6.45) is 5.76. The van der Waals surface area contributed by atoms with E-state index in [0.717, 1.165) is 13.0 Å². The van der Waals surface area contributed by atoms with Crippen LogP contribution in [0.25, 0.3) is 0 Å². The van der Waals surface area contributed by atoms with Gasteiger partial charge in [-0.25, -0.2) is 0 Å². The SMILES string of the molecule is CCCCNC1CC(C)OC1CC. The molecular weight excluding hydrogens is 162 g/mol. The molecule has 13 heavy (non-hydrogen) atoms. The maximum absolute atomic E-state index is 5.79. The first-order valence-corrected chi connectivity index (χ1v) is 5.66. The van der Waals surface area contributed by atoms with Crippen LogP contribution in [0.15, 0.2) is 0 Å². The third-order valence-electron chi connectivity index (χ3n) is 2.78. The summed E-state index contributed by atoms with van der Waals surface area (Å²) in [5, 5.41) is 3.59. The molecule has 1 aliphatic rings. The van der Waals surface area contributed by atoms with E-state index < -0.39 is 0 Å². The number of ether oxygens (including phenoxy) is 1. The van der Waals surface area contributed by atoms with Gasteiger partial charge in [-0.05, 0) is 32.7 Å². The minimum Gasteiger partial charge on any atom is -0.374 e. The minimum absolute atomic E-state index is 0.448. The molecule has 3 atom stereocenters. The first-order valence-electron chi connectivity index (χ1n) is 5.66. The third kappa shape index (κ3) is 3.28. The highest BCUT2D eigenvalue weighted by Crippen LogP contribution is 2.22. The molecule has 0 spiro atoms. The lowest BCUT2D eigenvalue weighted by Crippen LogP contribution is -2.36. The Bertz CT molecular complexity index is 138. The smallest absolute Gasteiger partial charge is 0.0730 e. The van der Waals surface area contributed by atoms with Gasteiger partial charge in [-0.1, -0.05) is 20.3 Å². The number of rotatable bonds is 5. The van der Waals surface area contributed by atoms with Crippen LogP contribution in [0.2, 0.25) is 0 Å². The zero-order valence-corrected chi connectivity index (χ0v) is 9.18. The van der Waals surface area contributed by atoms with Gasteiger partial charge in [0.1, 0.15) is 0 Å². The van der Waals surface area contributed by atoms with Crippen molar-refractivity contribution in [2.24, 2.45) is 0 Å². The van der Waals surface area contributed by atoms with Gasteiger partial charge in [0.25, 0.3) is 0 Å². The minimum atomic E-state index is 0.448. The van der Waals surface area contributed by atoms with Gasteiger partial charge in [0.15, 0.2) is 0 Å². The van der Waals surface area contributed by atoms with Crippen LogP contribution in [0, 0.1) is 0 Å². The number of hydrogen-bond acceptors (Lipinski definition) is 2. The Morgan fingerprint density at radius 2 is 2.15 bits per heavy atom. The van der Waals surface area contributed by atoms with Crippen molar-refractivity contribution in [3.8, 4) is 0 Å². The maximum atomic E-state index is 5.79. The second-order valence-corrected chi connectivity index (χ2v) is 4.04. The lowest BCUT2D eigenvalue weighted by molar-refractivity contribution is 0.0467. The molecule has 0 saturated carbocycles. The average Bonchev–Trinajstić information content (AvgIpc) is 2.47. The number of hydrogen-bond donors (Lipinski definition) is 1. The molecule has 0 aliphatic carbocycles. The summed E-state index contributed by atoms with van der Waals surface area (Å²) in [5.41, 5.74) is 0. The van der Waals surface area contributed by atoms with E-state index in [1.165, 1.54) is 19.3 Å². The summed E-state index contributed by atoms with van der Waals surface area (Å²) >= 11 is 0. The summed E-state index contributed by atoms with van der Waals surface area (Å²) in [4.78, 5) is 0. The Morgan fingerprint density at radius 3 is 2.77 bits per heavy atom. The van der Waals surface area contributed by atoms with Gasteiger partial charge < -0.3 is 10.1 Å². The van der Waals surface area contributed by atoms with Crippen LogP contribution in [-0.4, -0.2) is 24.8 Å². The van der Waals surface area contributed by atoms with Crippen molar-refractivity contribution < 1.29 is 4.74 Å². The van der Waals surface area contributed by atoms with E-state index in [2.05, 4.69) is 26.1 Å². The van der Waals surface area contributed by atoms with E-state index in [0.29, 0.717) is 18.2 Å². The molecule has 78 valence electrons. The maximum Gasteiger partial charge on any atom is 0.0730 e. The molecule has 1 fully saturated rings. The predicted molar refractivity (Wildman–Crippen MR) is 55.9 cm³/mol. The largest absolute Gasteiger partial charge is 0.374 e. The van der Waals surface area contributed by atoms with Gasteiger partial charge in [0, 0.05) is 6.04 Å². The molecule has 1 rings (SSSR count). The van der Waals surface area contributed by atoms with Crippen molar-refractivity contribution >= 4 is 0 Å². The quantitative estimate of drug-likeness (QED) is 0.664. The van der Waals surface area contributed by atoms with Crippen molar-refractivity contribution in [2.45, 2.75) is 64.7 Å².